The number of aromatic amines is 1. The number of halogens is 3. The van der Waals surface area contributed by atoms with Crippen LogP contribution in [0.1, 0.15) is 5.69 Å². The Balaban J connectivity index is 3.16. The average molecular weight is 177 g/mol. The fraction of sp³-hybridized carbons (Fsp3) is 0.200. The highest BCUT2D eigenvalue weighted by Gasteiger charge is 2.35. The van der Waals surface area contributed by atoms with Crippen molar-refractivity contribution in [2.24, 2.45) is 4.99 Å². The summed E-state index contributed by atoms with van der Waals surface area (Å²) in [4.78, 5) is 12.5. The number of isocyanates is 1. The van der Waals surface area contributed by atoms with Crippen LogP contribution in [-0.4, -0.2) is 16.3 Å². The van der Waals surface area contributed by atoms with Crippen LogP contribution < -0.4 is 0 Å². The molecule has 0 saturated carbocycles. The van der Waals surface area contributed by atoms with Gasteiger partial charge in [0.2, 0.25) is 6.08 Å². The van der Waals surface area contributed by atoms with Gasteiger partial charge in [-0.2, -0.15) is 23.3 Å². The van der Waals surface area contributed by atoms with Crippen molar-refractivity contribution in [2.45, 2.75) is 6.18 Å². The summed E-state index contributed by atoms with van der Waals surface area (Å²) in [5, 5.41) is 4.77. The maximum atomic E-state index is 11.9. The summed E-state index contributed by atoms with van der Waals surface area (Å²) in [6.45, 7) is 0. The Bertz CT molecular complexity index is 323. The van der Waals surface area contributed by atoms with E-state index in [1.807, 2.05) is 0 Å². The third-order valence-corrected chi connectivity index (χ3v) is 1.07. The lowest BCUT2D eigenvalue weighted by atomic mass is 10.4. The molecule has 1 aromatic heterocycles. The van der Waals surface area contributed by atoms with Gasteiger partial charge in [-0.05, 0) is 0 Å². The number of hydrogen-bond acceptors (Lipinski definition) is 3. The van der Waals surface area contributed by atoms with E-state index in [0.717, 1.165) is 12.3 Å². The normalized spacial score (nSPS) is 10.9. The fourth-order valence-electron chi connectivity index (χ4n) is 0.622. The van der Waals surface area contributed by atoms with Gasteiger partial charge >= 0.3 is 6.18 Å². The van der Waals surface area contributed by atoms with E-state index in [-0.39, 0.29) is 0 Å². The predicted molar refractivity (Wildman–Crippen MR) is 31.4 cm³/mol. The second-order valence-electron chi connectivity index (χ2n) is 1.83. The Labute approximate surface area is 64.1 Å². The Kier molecular flexibility index (Phi) is 1.97. The third kappa shape index (κ3) is 1.51. The molecular weight excluding hydrogens is 175 g/mol. The van der Waals surface area contributed by atoms with Crippen LogP contribution in [0.4, 0.5) is 18.9 Å². The fourth-order valence-corrected chi connectivity index (χ4v) is 0.622. The molecule has 0 radical (unpaired) electrons. The van der Waals surface area contributed by atoms with Gasteiger partial charge in [0.1, 0.15) is 5.69 Å². The lowest BCUT2D eigenvalue weighted by molar-refractivity contribution is -0.140. The molecule has 1 heterocycles. The Hall–Kier alpha value is -1.62. The van der Waals surface area contributed by atoms with Crippen molar-refractivity contribution in [3.05, 3.63) is 11.9 Å². The summed E-state index contributed by atoms with van der Waals surface area (Å²) in [6, 6.07) is 0. The van der Waals surface area contributed by atoms with Crippen molar-refractivity contribution in [3.8, 4) is 0 Å². The molecule has 12 heavy (non-hydrogen) atoms. The molecule has 0 saturated heterocycles. The minimum atomic E-state index is -4.58. The highest BCUT2D eigenvalue weighted by molar-refractivity contribution is 5.50. The van der Waals surface area contributed by atoms with E-state index in [1.54, 1.807) is 5.10 Å². The number of carbonyl (C=O) groups excluding carboxylic acids is 1. The predicted octanol–water partition coefficient (Wildman–Crippen LogP) is 1.40. The standard InChI is InChI=1S/C5H2F3N3O/c6-5(7,8)4-3(9-2-12)1-10-11-4/h1H,(H,10,11). The third-order valence-electron chi connectivity index (χ3n) is 1.07. The van der Waals surface area contributed by atoms with Gasteiger partial charge in [-0.25, -0.2) is 4.79 Å². The molecule has 0 amide bonds. The van der Waals surface area contributed by atoms with Crippen molar-refractivity contribution in [1.29, 1.82) is 0 Å². The van der Waals surface area contributed by atoms with Crippen LogP contribution in [0, 0.1) is 0 Å². The summed E-state index contributed by atoms with van der Waals surface area (Å²) in [5.74, 6) is 0. The first-order valence-corrected chi connectivity index (χ1v) is 2.74. The molecule has 1 aromatic rings. The number of aromatic nitrogens is 2. The molecule has 7 heteroatoms. The van der Waals surface area contributed by atoms with E-state index in [9.17, 15) is 18.0 Å². The molecule has 64 valence electrons. The molecule has 0 aromatic carbocycles. The summed E-state index contributed by atoms with van der Waals surface area (Å²) in [7, 11) is 0. The van der Waals surface area contributed by atoms with Crippen LogP contribution in [0.25, 0.3) is 0 Å². The Morgan fingerprint density at radius 2 is 2.25 bits per heavy atom. The molecule has 0 aliphatic carbocycles. The van der Waals surface area contributed by atoms with Gasteiger partial charge in [0.05, 0.1) is 6.20 Å². The molecule has 0 fully saturated rings. The molecule has 0 spiro atoms. The molecule has 1 N–H and O–H groups in total. The minimum absolute atomic E-state index is 0.558. The zero-order chi connectivity index (χ0) is 9.19. The van der Waals surface area contributed by atoms with Crippen molar-refractivity contribution in [1.82, 2.24) is 10.2 Å². The molecule has 0 aliphatic heterocycles. The second kappa shape index (κ2) is 2.78. The smallest absolute Gasteiger partial charge is 0.272 e. The van der Waals surface area contributed by atoms with Gasteiger partial charge in [-0.3, -0.25) is 5.10 Å². The van der Waals surface area contributed by atoms with Crippen LogP contribution in [0.15, 0.2) is 11.2 Å². The lowest BCUT2D eigenvalue weighted by Gasteiger charge is -2.01. The summed E-state index contributed by atoms with van der Waals surface area (Å²) >= 11 is 0. The number of nitrogens with one attached hydrogen (secondary N) is 1. The van der Waals surface area contributed by atoms with E-state index in [4.69, 9.17) is 0 Å². The quantitative estimate of drug-likeness (QED) is 0.520. The van der Waals surface area contributed by atoms with Gasteiger partial charge in [0.15, 0.2) is 5.69 Å². The van der Waals surface area contributed by atoms with Crippen LogP contribution in [0.2, 0.25) is 0 Å². The van der Waals surface area contributed by atoms with Crippen molar-refractivity contribution < 1.29 is 18.0 Å². The van der Waals surface area contributed by atoms with Gasteiger partial charge in [-0.1, -0.05) is 0 Å². The highest BCUT2D eigenvalue weighted by Crippen LogP contribution is 2.33. The van der Waals surface area contributed by atoms with E-state index in [1.165, 1.54) is 0 Å². The number of rotatable bonds is 1. The first-order valence-electron chi connectivity index (χ1n) is 2.74. The molecular formula is C5H2F3N3O. The molecule has 0 atom stereocenters. The van der Waals surface area contributed by atoms with Crippen molar-refractivity contribution in [3.63, 3.8) is 0 Å². The zero-order valence-corrected chi connectivity index (χ0v) is 5.51. The van der Waals surface area contributed by atoms with Crippen LogP contribution in [-0.2, 0) is 11.0 Å². The number of aliphatic imine (C=N–C) groups is 1. The van der Waals surface area contributed by atoms with Crippen LogP contribution in [0.5, 0.6) is 0 Å². The summed E-state index contributed by atoms with van der Waals surface area (Å²) < 4.78 is 35.8. The molecule has 0 aliphatic rings. The number of alkyl halides is 3. The maximum absolute atomic E-state index is 11.9. The second-order valence-corrected chi connectivity index (χ2v) is 1.83. The van der Waals surface area contributed by atoms with Gasteiger partial charge in [0.25, 0.3) is 0 Å². The minimum Gasteiger partial charge on any atom is -0.272 e. The summed E-state index contributed by atoms with van der Waals surface area (Å²) in [6.07, 6.45) is -2.78. The van der Waals surface area contributed by atoms with Gasteiger partial charge < -0.3 is 0 Å². The van der Waals surface area contributed by atoms with Gasteiger partial charge in [0, 0.05) is 0 Å². The molecule has 4 nitrogen and oxygen atoms in total. The van der Waals surface area contributed by atoms with Crippen molar-refractivity contribution >= 4 is 11.8 Å². The SMILES string of the molecule is O=C=Nc1cn[nH]c1C(F)(F)F. The zero-order valence-electron chi connectivity index (χ0n) is 5.51. The van der Waals surface area contributed by atoms with E-state index in [0.29, 0.717) is 0 Å². The maximum Gasteiger partial charge on any atom is 0.434 e. The van der Waals surface area contributed by atoms with E-state index in [2.05, 4.69) is 10.1 Å². The largest absolute Gasteiger partial charge is 0.434 e. The number of H-pyrrole nitrogens is 1. The Morgan fingerprint density at radius 3 is 2.75 bits per heavy atom. The van der Waals surface area contributed by atoms with Crippen molar-refractivity contribution in [2.75, 3.05) is 0 Å². The van der Waals surface area contributed by atoms with Crippen LogP contribution in [0.3, 0.4) is 0 Å². The Morgan fingerprint density at radius 1 is 1.58 bits per heavy atom. The summed E-state index contributed by atoms with van der Waals surface area (Å²) in [5.41, 5.74) is -1.71. The molecule has 1 rings (SSSR count). The molecule has 0 unspecified atom stereocenters. The van der Waals surface area contributed by atoms with E-state index >= 15 is 0 Å². The monoisotopic (exact) mass is 177 g/mol. The average Bonchev–Trinajstić information content (AvgIpc) is 2.34. The number of hydrogen-bond donors (Lipinski definition) is 1. The topological polar surface area (TPSA) is 58.1 Å². The van der Waals surface area contributed by atoms with Gasteiger partial charge in [-0.15, -0.1) is 0 Å². The van der Waals surface area contributed by atoms with E-state index < -0.39 is 17.6 Å². The lowest BCUT2D eigenvalue weighted by Crippen LogP contribution is -2.05. The highest BCUT2D eigenvalue weighted by atomic mass is 19.4. The first kappa shape index (κ1) is 8.48. The number of nitrogens with zero attached hydrogens (tertiary/aromatic N) is 2. The first-order chi connectivity index (χ1) is 5.55. The van der Waals surface area contributed by atoms with Crippen LogP contribution >= 0.6 is 0 Å². The molecule has 0 bridgehead atoms.